The summed E-state index contributed by atoms with van der Waals surface area (Å²) in [6.07, 6.45) is 0. The van der Waals surface area contributed by atoms with Gasteiger partial charge in [-0.25, -0.2) is 0 Å². The van der Waals surface area contributed by atoms with Crippen molar-refractivity contribution in [3.63, 3.8) is 0 Å². The highest BCUT2D eigenvalue weighted by Crippen LogP contribution is 2.39. The minimum Gasteiger partial charge on any atom is -0.310 e. The van der Waals surface area contributed by atoms with Gasteiger partial charge in [0.05, 0.1) is 0 Å². The molecule has 0 atom stereocenters. The molecule has 9 rings (SSSR count). The zero-order valence-corrected chi connectivity index (χ0v) is 29.1. The van der Waals surface area contributed by atoms with Gasteiger partial charge in [0.15, 0.2) is 0 Å². The van der Waals surface area contributed by atoms with Crippen molar-refractivity contribution in [1.29, 1.82) is 0 Å². The number of fused-ring (bicyclic) bond motifs is 7. The van der Waals surface area contributed by atoms with E-state index < -0.39 is 0 Å². The Hall–Kier alpha value is -5.21. The molecule has 2 aromatic heterocycles. The van der Waals surface area contributed by atoms with Gasteiger partial charge in [0.1, 0.15) is 78.5 Å². The molecule has 20 radical (unpaired) electrons. The summed E-state index contributed by atoms with van der Waals surface area (Å²) in [6, 6.07) is 36.1. The minimum atomic E-state index is 0.138. The van der Waals surface area contributed by atoms with Crippen LogP contribution < -0.4 is 54.6 Å². The van der Waals surface area contributed by atoms with Crippen LogP contribution in [0.15, 0.2) is 109 Å². The van der Waals surface area contributed by atoms with Crippen molar-refractivity contribution in [2.45, 2.75) is 0 Å². The molecular formula is C42H18B10N2. The Bertz CT molecular complexity index is 2800. The van der Waals surface area contributed by atoms with Crippen LogP contribution in [0.3, 0.4) is 0 Å². The molecule has 0 bridgehead atoms. The third-order valence-electron chi connectivity index (χ3n) is 10.6. The van der Waals surface area contributed by atoms with Gasteiger partial charge in [-0.1, -0.05) is 118 Å². The molecule has 0 saturated heterocycles. The van der Waals surface area contributed by atoms with Gasteiger partial charge in [-0.2, -0.15) is 0 Å². The van der Waals surface area contributed by atoms with Crippen LogP contribution in [0.1, 0.15) is 0 Å². The first-order valence-electron chi connectivity index (χ1n) is 17.2. The standard InChI is InChI=1S/C42H18B10N2/c43-29-27-25-26-28-30(44)32(46)34(48)36(50)42(28)54(24-17-13-22(14-18-24)20-9-5-2-6-10-20)40(26)38(52)37(51)39(25)53(41(27)35(49)33(47)31(29)45)23-15-11-21(12-16-23)19-7-3-1-4-8-19/h1-18H. The third-order valence-corrected chi connectivity index (χ3v) is 10.6. The van der Waals surface area contributed by atoms with Gasteiger partial charge in [0, 0.05) is 55.0 Å². The van der Waals surface area contributed by atoms with Gasteiger partial charge >= 0.3 is 0 Å². The average molecular weight is 659 g/mol. The summed E-state index contributed by atoms with van der Waals surface area (Å²) in [5.41, 5.74) is 9.66. The largest absolute Gasteiger partial charge is 0.310 e. The number of aromatic nitrogens is 2. The van der Waals surface area contributed by atoms with Crippen LogP contribution in [-0.2, 0) is 0 Å². The van der Waals surface area contributed by atoms with Gasteiger partial charge in [-0.05, 0) is 46.5 Å². The Kier molecular flexibility index (Phi) is 8.12. The molecule has 226 valence electrons. The molecule has 54 heavy (non-hydrogen) atoms. The Morgan fingerprint density at radius 2 is 0.500 bits per heavy atom. The quantitative estimate of drug-likeness (QED) is 0.219. The zero-order chi connectivity index (χ0) is 37.7. The first-order valence-corrected chi connectivity index (χ1v) is 17.2. The van der Waals surface area contributed by atoms with Crippen molar-refractivity contribution in [3.05, 3.63) is 109 Å². The molecule has 2 heterocycles. The molecule has 7 aromatic carbocycles. The summed E-state index contributed by atoms with van der Waals surface area (Å²) in [7, 11) is 68.2. The van der Waals surface area contributed by atoms with Gasteiger partial charge in [-0.3, -0.25) is 0 Å². The maximum Gasteiger partial charge on any atom is 0.116 e. The van der Waals surface area contributed by atoms with E-state index in [0.29, 0.717) is 43.6 Å². The number of benzene rings is 7. The van der Waals surface area contributed by atoms with Crippen LogP contribution >= 0.6 is 0 Å². The summed E-state index contributed by atoms with van der Waals surface area (Å²) < 4.78 is 3.84. The summed E-state index contributed by atoms with van der Waals surface area (Å²) in [6.45, 7) is 0. The fraction of sp³-hybridized carbons (Fsp3) is 0. The second-order valence-electron chi connectivity index (χ2n) is 13.5. The van der Waals surface area contributed by atoms with Crippen molar-refractivity contribution in [2.24, 2.45) is 0 Å². The molecule has 0 spiro atoms. The molecule has 0 aliphatic rings. The average Bonchev–Trinajstić information content (AvgIpc) is 3.75. The molecule has 2 nitrogen and oxygen atoms in total. The summed E-state index contributed by atoms with van der Waals surface area (Å²) in [5, 5.41) is 2.22. The molecule has 9 aromatic rings. The lowest BCUT2D eigenvalue weighted by Gasteiger charge is -2.18. The molecule has 0 N–H and O–H groups in total. The highest BCUT2D eigenvalue weighted by molar-refractivity contribution is 6.71. The number of hydrogen-bond donors (Lipinski definition) is 0. The molecule has 0 aliphatic heterocycles. The van der Waals surface area contributed by atoms with E-state index in [1.165, 1.54) is 0 Å². The van der Waals surface area contributed by atoms with Gasteiger partial charge in [0.25, 0.3) is 0 Å². The van der Waals surface area contributed by atoms with Crippen LogP contribution in [0, 0.1) is 0 Å². The molecule has 0 unspecified atom stereocenters. The van der Waals surface area contributed by atoms with Crippen LogP contribution in [0.5, 0.6) is 0 Å². The van der Waals surface area contributed by atoms with E-state index in [4.69, 9.17) is 78.5 Å². The maximum atomic E-state index is 7.17. The third kappa shape index (κ3) is 4.81. The van der Waals surface area contributed by atoms with E-state index in [2.05, 4.69) is 0 Å². The second-order valence-corrected chi connectivity index (χ2v) is 13.5. The van der Waals surface area contributed by atoms with Gasteiger partial charge in [0.2, 0.25) is 0 Å². The Balaban J connectivity index is 1.48. The maximum absolute atomic E-state index is 7.17. The minimum absolute atomic E-state index is 0.138. The summed E-state index contributed by atoms with van der Waals surface area (Å²) >= 11 is 0. The van der Waals surface area contributed by atoms with E-state index in [9.17, 15) is 0 Å². The van der Waals surface area contributed by atoms with E-state index in [0.717, 1.165) is 33.6 Å². The van der Waals surface area contributed by atoms with Crippen LogP contribution in [-0.4, -0.2) is 87.6 Å². The van der Waals surface area contributed by atoms with Crippen molar-refractivity contribution in [3.8, 4) is 33.6 Å². The normalized spacial score (nSPS) is 11.7. The predicted octanol–water partition coefficient (Wildman–Crippen LogP) is -0.847. The van der Waals surface area contributed by atoms with Crippen molar-refractivity contribution < 1.29 is 0 Å². The molecule has 12 heteroatoms. The monoisotopic (exact) mass is 660 g/mol. The molecule has 0 aliphatic carbocycles. The second kappa shape index (κ2) is 12.7. The Morgan fingerprint density at radius 3 is 0.833 bits per heavy atom. The number of hydrogen-bond acceptors (Lipinski definition) is 0. The molecule has 0 amide bonds. The van der Waals surface area contributed by atoms with Crippen molar-refractivity contribution in [2.75, 3.05) is 0 Å². The lowest BCUT2D eigenvalue weighted by Crippen LogP contribution is -2.48. The van der Waals surface area contributed by atoms with Crippen molar-refractivity contribution >= 4 is 177 Å². The lowest BCUT2D eigenvalue weighted by molar-refractivity contribution is 1.19. The number of rotatable bonds is 4. The Labute approximate surface area is 327 Å². The van der Waals surface area contributed by atoms with Crippen molar-refractivity contribution in [1.82, 2.24) is 9.13 Å². The van der Waals surface area contributed by atoms with Crippen LogP contribution in [0.4, 0.5) is 0 Å². The predicted molar refractivity (Wildman–Crippen MR) is 240 cm³/mol. The van der Waals surface area contributed by atoms with Gasteiger partial charge in [-0.15, -0.1) is 21.9 Å². The van der Waals surface area contributed by atoms with E-state index in [-0.39, 0.29) is 54.6 Å². The highest BCUT2D eigenvalue weighted by atomic mass is 15.0. The highest BCUT2D eigenvalue weighted by Gasteiger charge is 2.28. The first-order chi connectivity index (χ1) is 26.0. The molecular weight excluding hydrogens is 641 g/mol. The molecule has 0 saturated carbocycles. The summed E-state index contributed by atoms with van der Waals surface area (Å²) in [5.74, 6) is 0. The smallest absolute Gasteiger partial charge is 0.116 e. The topological polar surface area (TPSA) is 9.86 Å². The summed E-state index contributed by atoms with van der Waals surface area (Å²) in [4.78, 5) is 0. The number of nitrogens with zero attached hydrogens (tertiary/aromatic N) is 2. The molecule has 0 fully saturated rings. The first kappa shape index (κ1) is 34.6. The van der Waals surface area contributed by atoms with Crippen LogP contribution in [0.25, 0.3) is 77.2 Å². The fourth-order valence-corrected chi connectivity index (χ4v) is 7.92. The van der Waals surface area contributed by atoms with E-state index in [1.807, 2.05) is 118 Å². The Morgan fingerprint density at radius 1 is 0.241 bits per heavy atom. The SMILES string of the molecule is [B]c1c([B])c([B])c2c(c1[B])c1c3c4c([B])c([B])c([B])c([B])c4n(-c4ccc(-c5ccccc5)cc4)c3c([B])c([B])c1n2-c1ccc(-c2ccccc2)cc1. The zero-order valence-electron chi connectivity index (χ0n) is 29.1. The van der Waals surface area contributed by atoms with Crippen LogP contribution in [0.2, 0.25) is 0 Å². The van der Waals surface area contributed by atoms with E-state index >= 15 is 0 Å². The van der Waals surface area contributed by atoms with E-state index in [1.54, 1.807) is 0 Å². The van der Waals surface area contributed by atoms with Gasteiger partial charge < -0.3 is 9.13 Å². The lowest BCUT2D eigenvalue weighted by atomic mass is 9.64. The fourth-order valence-electron chi connectivity index (χ4n) is 7.92.